The van der Waals surface area contributed by atoms with Crippen LogP contribution in [0.4, 0.5) is 5.69 Å². The molecule has 1 aromatic rings. The summed E-state index contributed by atoms with van der Waals surface area (Å²) in [5, 5.41) is 3.31. The summed E-state index contributed by atoms with van der Waals surface area (Å²) in [4.78, 5) is 0.421. The Morgan fingerprint density at radius 3 is 2.70 bits per heavy atom. The monoisotopic (exact) mass is 296 g/mol. The summed E-state index contributed by atoms with van der Waals surface area (Å²) in [6, 6.07) is 7.48. The van der Waals surface area contributed by atoms with Crippen LogP contribution in [0.5, 0.6) is 0 Å². The first-order valence-corrected chi connectivity index (χ1v) is 8.99. The van der Waals surface area contributed by atoms with Crippen LogP contribution < -0.4 is 11.1 Å². The average molecular weight is 296 g/mol. The minimum Gasteiger partial charge on any atom is -0.384 e. The standard InChI is InChI=1S/C15H24N2O2S/c1-2-9-20(18,19)15-6-4-3-5-14(15)17-11-12-7-8-13(16)10-12/h3-6,12-13,17H,2,7-11,16H2,1H3. The van der Waals surface area contributed by atoms with Gasteiger partial charge < -0.3 is 11.1 Å². The SMILES string of the molecule is CCCS(=O)(=O)c1ccccc1NCC1CCC(N)C1. The highest BCUT2D eigenvalue weighted by Crippen LogP contribution is 2.27. The number of hydrogen-bond donors (Lipinski definition) is 2. The molecular formula is C15H24N2O2S. The first-order valence-electron chi connectivity index (χ1n) is 7.34. The fraction of sp³-hybridized carbons (Fsp3) is 0.600. The van der Waals surface area contributed by atoms with Crippen molar-refractivity contribution in [2.24, 2.45) is 11.7 Å². The van der Waals surface area contributed by atoms with Crippen molar-refractivity contribution in [2.45, 2.75) is 43.5 Å². The molecule has 5 heteroatoms. The Morgan fingerprint density at radius 2 is 2.05 bits per heavy atom. The quantitative estimate of drug-likeness (QED) is 0.845. The predicted molar refractivity (Wildman–Crippen MR) is 82.6 cm³/mol. The van der Waals surface area contributed by atoms with Gasteiger partial charge in [-0.25, -0.2) is 8.42 Å². The molecule has 0 heterocycles. The molecule has 2 unspecified atom stereocenters. The van der Waals surface area contributed by atoms with E-state index in [1.54, 1.807) is 12.1 Å². The summed E-state index contributed by atoms with van der Waals surface area (Å²) in [6.07, 6.45) is 3.85. The molecule has 1 saturated carbocycles. The van der Waals surface area contributed by atoms with Crippen molar-refractivity contribution in [3.63, 3.8) is 0 Å². The van der Waals surface area contributed by atoms with Crippen molar-refractivity contribution in [2.75, 3.05) is 17.6 Å². The molecule has 0 spiro atoms. The molecule has 0 amide bonds. The highest BCUT2D eigenvalue weighted by molar-refractivity contribution is 7.91. The normalized spacial score (nSPS) is 22.9. The Kier molecular flexibility index (Phi) is 5.05. The molecular weight excluding hydrogens is 272 g/mol. The Balaban J connectivity index is 2.08. The summed E-state index contributed by atoms with van der Waals surface area (Å²) >= 11 is 0. The second-order valence-electron chi connectivity index (χ2n) is 5.64. The first-order chi connectivity index (χ1) is 9.53. The number of rotatable bonds is 6. The maximum atomic E-state index is 12.2. The number of sulfone groups is 1. The summed E-state index contributed by atoms with van der Waals surface area (Å²) in [5.41, 5.74) is 6.63. The first kappa shape index (κ1) is 15.3. The van der Waals surface area contributed by atoms with Gasteiger partial charge in [0.2, 0.25) is 0 Å². The van der Waals surface area contributed by atoms with E-state index in [4.69, 9.17) is 5.73 Å². The zero-order valence-electron chi connectivity index (χ0n) is 12.0. The number of para-hydroxylation sites is 1. The van der Waals surface area contributed by atoms with E-state index in [-0.39, 0.29) is 5.75 Å². The highest BCUT2D eigenvalue weighted by Gasteiger charge is 2.22. The minimum atomic E-state index is -3.18. The molecule has 0 aromatic heterocycles. The summed E-state index contributed by atoms with van der Waals surface area (Å²) < 4.78 is 24.5. The van der Waals surface area contributed by atoms with Gasteiger partial charge >= 0.3 is 0 Å². The van der Waals surface area contributed by atoms with E-state index in [2.05, 4.69) is 5.32 Å². The maximum Gasteiger partial charge on any atom is 0.180 e. The average Bonchev–Trinajstić information content (AvgIpc) is 2.82. The predicted octanol–water partition coefficient (Wildman–Crippen LogP) is 2.41. The van der Waals surface area contributed by atoms with Crippen molar-refractivity contribution in [3.05, 3.63) is 24.3 Å². The van der Waals surface area contributed by atoms with E-state index in [1.807, 2.05) is 19.1 Å². The van der Waals surface area contributed by atoms with E-state index < -0.39 is 9.84 Å². The second-order valence-corrected chi connectivity index (χ2v) is 7.71. The van der Waals surface area contributed by atoms with Gasteiger partial charge in [-0.1, -0.05) is 19.1 Å². The Hall–Kier alpha value is -1.07. The zero-order chi connectivity index (χ0) is 14.6. The Bertz CT molecular complexity index is 543. The summed E-state index contributed by atoms with van der Waals surface area (Å²) in [7, 11) is -3.18. The van der Waals surface area contributed by atoms with E-state index in [9.17, 15) is 8.42 Å². The van der Waals surface area contributed by atoms with Crippen LogP contribution >= 0.6 is 0 Å². The van der Waals surface area contributed by atoms with Gasteiger partial charge in [0.1, 0.15) is 0 Å². The summed E-state index contributed by atoms with van der Waals surface area (Å²) in [6.45, 7) is 2.68. The van der Waals surface area contributed by atoms with Crippen LogP contribution in [0, 0.1) is 5.92 Å². The van der Waals surface area contributed by atoms with Crippen LogP contribution in [-0.2, 0) is 9.84 Å². The van der Waals surface area contributed by atoms with Gasteiger partial charge in [-0.3, -0.25) is 0 Å². The molecule has 4 nitrogen and oxygen atoms in total. The number of anilines is 1. The molecule has 0 aliphatic heterocycles. The molecule has 1 aliphatic carbocycles. The molecule has 0 radical (unpaired) electrons. The Labute approximate surface area is 121 Å². The topological polar surface area (TPSA) is 72.2 Å². The fourth-order valence-electron chi connectivity index (χ4n) is 2.82. The van der Waals surface area contributed by atoms with Gasteiger partial charge in [0.25, 0.3) is 0 Å². The second kappa shape index (κ2) is 6.59. The van der Waals surface area contributed by atoms with Crippen LogP contribution in [-0.4, -0.2) is 26.8 Å². The number of nitrogens with one attached hydrogen (secondary N) is 1. The van der Waals surface area contributed by atoms with E-state index in [1.165, 1.54) is 0 Å². The molecule has 0 saturated heterocycles. The van der Waals surface area contributed by atoms with E-state index in [0.717, 1.165) is 31.5 Å². The van der Waals surface area contributed by atoms with Crippen LogP contribution in [0.25, 0.3) is 0 Å². The van der Waals surface area contributed by atoms with Crippen LogP contribution in [0.2, 0.25) is 0 Å². The van der Waals surface area contributed by atoms with Crippen molar-refractivity contribution in [3.8, 4) is 0 Å². The van der Waals surface area contributed by atoms with Gasteiger partial charge in [0.15, 0.2) is 9.84 Å². The fourth-order valence-corrected chi connectivity index (χ4v) is 4.33. The lowest BCUT2D eigenvalue weighted by Gasteiger charge is -2.15. The number of benzene rings is 1. The lowest BCUT2D eigenvalue weighted by Crippen LogP contribution is -2.18. The molecule has 1 aliphatic rings. The van der Waals surface area contributed by atoms with Gasteiger partial charge in [-0.2, -0.15) is 0 Å². The molecule has 1 aromatic carbocycles. The van der Waals surface area contributed by atoms with Gasteiger partial charge in [0, 0.05) is 12.6 Å². The van der Waals surface area contributed by atoms with Gasteiger partial charge in [-0.05, 0) is 43.7 Å². The van der Waals surface area contributed by atoms with Crippen LogP contribution in [0.15, 0.2) is 29.2 Å². The molecule has 0 bridgehead atoms. The van der Waals surface area contributed by atoms with E-state index >= 15 is 0 Å². The minimum absolute atomic E-state index is 0.194. The molecule has 1 fully saturated rings. The number of nitrogens with two attached hydrogens (primary N) is 1. The van der Waals surface area contributed by atoms with Gasteiger partial charge in [-0.15, -0.1) is 0 Å². The Morgan fingerprint density at radius 1 is 1.30 bits per heavy atom. The van der Waals surface area contributed by atoms with Crippen molar-refractivity contribution >= 4 is 15.5 Å². The van der Waals surface area contributed by atoms with Crippen molar-refractivity contribution in [1.29, 1.82) is 0 Å². The lowest BCUT2D eigenvalue weighted by atomic mass is 10.1. The third-order valence-electron chi connectivity index (χ3n) is 3.86. The number of hydrogen-bond acceptors (Lipinski definition) is 4. The smallest absolute Gasteiger partial charge is 0.180 e. The lowest BCUT2D eigenvalue weighted by molar-refractivity contribution is 0.564. The van der Waals surface area contributed by atoms with Crippen molar-refractivity contribution in [1.82, 2.24) is 0 Å². The van der Waals surface area contributed by atoms with E-state index in [0.29, 0.717) is 23.3 Å². The molecule has 2 atom stereocenters. The summed E-state index contributed by atoms with van der Waals surface area (Å²) in [5.74, 6) is 0.743. The highest BCUT2D eigenvalue weighted by atomic mass is 32.2. The van der Waals surface area contributed by atoms with Crippen LogP contribution in [0.3, 0.4) is 0 Å². The van der Waals surface area contributed by atoms with Gasteiger partial charge in [0.05, 0.1) is 16.3 Å². The molecule has 112 valence electrons. The molecule has 3 N–H and O–H groups in total. The third-order valence-corrected chi connectivity index (χ3v) is 5.83. The van der Waals surface area contributed by atoms with Crippen LogP contribution in [0.1, 0.15) is 32.6 Å². The van der Waals surface area contributed by atoms with Crippen molar-refractivity contribution < 1.29 is 8.42 Å². The third kappa shape index (κ3) is 3.73. The zero-order valence-corrected chi connectivity index (χ0v) is 12.8. The largest absolute Gasteiger partial charge is 0.384 e. The molecule has 20 heavy (non-hydrogen) atoms. The molecule has 2 rings (SSSR count). The maximum absolute atomic E-state index is 12.2.